The molecule has 1 saturated carbocycles. The number of anilines is 3. The Balaban J connectivity index is 1.67. The van der Waals surface area contributed by atoms with E-state index in [1.807, 2.05) is 6.92 Å². The zero-order valence-corrected chi connectivity index (χ0v) is 17.5. The first kappa shape index (κ1) is 20.4. The third kappa shape index (κ3) is 4.34. The van der Waals surface area contributed by atoms with Gasteiger partial charge in [-0.25, -0.2) is 19.9 Å². The molecule has 160 valence electrons. The van der Waals surface area contributed by atoms with Crippen LogP contribution < -0.4 is 10.6 Å². The van der Waals surface area contributed by atoms with Crippen LogP contribution in [0.4, 0.5) is 17.2 Å². The lowest BCUT2D eigenvalue weighted by Gasteiger charge is -2.14. The first-order valence-electron chi connectivity index (χ1n) is 9.95. The van der Waals surface area contributed by atoms with Crippen molar-refractivity contribution in [1.82, 2.24) is 34.6 Å². The van der Waals surface area contributed by atoms with E-state index in [4.69, 9.17) is 0 Å². The molecule has 0 spiro atoms. The van der Waals surface area contributed by atoms with E-state index < -0.39 is 5.91 Å². The second-order valence-electron chi connectivity index (χ2n) is 7.39. The molecule has 3 heterocycles. The molecule has 0 radical (unpaired) electrons. The Kier molecular flexibility index (Phi) is 5.56. The quantitative estimate of drug-likeness (QED) is 0.593. The Hall–Kier alpha value is -3.89. The summed E-state index contributed by atoms with van der Waals surface area (Å²) in [5, 5.41) is 10.0. The number of aromatic nitrogens is 6. The molecule has 0 atom stereocenters. The average molecular weight is 421 g/mol. The fraction of sp³-hybridized carbons (Fsp3) is 0.350. The summed E-state index contributed by atoms with van der Waals surface area (Å²) in [5.41, 5.74) is 2.10. The lowest BCUT2D eigenvalue weighted by Crippen LogP contribution is -2.27. The number of hydrogen-bond acceptors (Lipinski definition) is 8. The zero-order chi connectivity index (χ0) is 22.0. The van der Waals surface area contributed by atoms with Gasteiger partial charge >= 0.3 is 0 Å². The third-order valence-electron chi connectivity index (χ3n) is 4.82. The average Bonchev–Trinajstić information content (AvgIpc) is 3.55. The van der Waals surface area contributed by atoms with Crippen molar-refractivity contribution >= 4 is 29.0 Å². The summed E-state index contributed by atoms with van der Waals surface area (Å²) in [6.07, 6.45) is 9.76. The highest BCUT2D eigenvalue weighted by molar-refractivity contribution is 6.09. The Morgan fingerprint density at radius 2 is 1.90 bits per heavy atom. The molecule has 0 aliphatic heterocycles. The third-order valence-corrected chi connectivity index (χ3v) is 4.82. The number of rotatable bonds is 7. The predicted octanol–water partition coefficient (Wildman–Crippen LogP) is 2.06. The summed E-state index contributed by atoms with van der Waals surface area (Å²) >= 11 is 0. The van der Waals surface area contributed by atoms with Crippen molar-refractivity contribution in [2.75, 3.05) is 24.7 Å². The normalized spacial score (nSPS) is 13.0. The number of nitrogens with one attached hydrogen (secondary N) is 2. The van der Waals surface area contributed by atoms with Gasteiger partial charge in [0, 0.05) is 26.6 Å². The number of amides is 2. The molecule has 11 heteroatoms. The van der Waals surface area contributed by atoms with Gasteiger partial charge in [0.2, 0.25) is 0 Å². The molecule has 0 saturated heterocycles. The van der Waals surface area contributed by atoms with Crippen LogP contribution in [0, 0.1) is 0 Å². The molecular weight excluding hydrogens is 398 g/mol. The molecule has 1 aliphatic rings. The maximum Gasteiger partial charge on any atom is 0.278 e. The van der Waals surface area contributed by atoms with Crippen LogP contribution in [0.15, 0.2) is 31.1 Å². The minimum absolute atomic E-state index is 0.126. The number of carbonyl (C=O) groups excluding carboxylic acids is 2. The fourth-order valence-corrected chi connectivity index (χ4v) is 3.06. The molecular formula is C20H23N9O2. The molecule has 31 heavy (non-hydrogen) atoms. The van der Waals surface area contributed by atoms with E-state index in [1.165, 1.54) is 17.4 Å². The van der Waals surface area contributed by atoms with Gasteiger partial charge in [-0.05, 0) is 19.8 Å². The van der Waals surface area contributed by atoms with Crippen LogP contribution in [-0.2, 0) is 6.54 Å². The highest BCUT2D eigenvalue weighted by Gasteiger charge is 2.28. The summed E-state index contributed by atoms with van der Waals surface area (Å²) in [6.45, 7) is 2.36. The molecule has 1 aliphatic carbocycles. The first-order valence-corrected chi connectivity index (χ1v) is 9.95. The molecule has 1 fully saturated rings. The molecule has 11 nitrogen and oxygen atoms in total. The highest BCUT2D eigenvalue weighted by atomic mass is 16.2. The maximum absolute atomic E-state index is 13.2. The zero-order valence-electron chi connectivity index (χ0n) is 17.5. The number of nitrogens with zero attached hydrogens (tertiary/aromatic N) is 7. The van der Waals surface area contributed by atoms with Gasteiger partial charge in [-0.15, -0.1) is 0 Å². The SMILES string of the molecule is CCn1ncc(NC(=O)c2nc(C3CC3)cnc2Nc2cncnc2)c1C(=O)N(C)C. The molecule has 2 N–H and O–H groups in total. The van der Waals surface area contributed by atoms with Gasteiger partial charge in [0.05, 0.1) is 41.9 Å². The molecule has 0 bridgehead atoms. The largest absolute Gasteiger partial charge is 0.343 e. The first-order chi connectivity index (χ1) is 15.0. The Bertz CT molecular complexity index is 1110. The summed E-state index contributed by atoms with van der Waals surface area (Å²) in [6, 6.07) is 0. The molecule has 3 aromatic rings. The predicted molar refractivity (Wildman–Crippen MR) is 113 cm³/mol. The summed E-state index contributed by atoms with van der Waals surface area (Å²) < 4.78 is 1.55. The van der Waals surface area contributed by atoms with Gasteiger partial charge in [0.25, 0.3) is 11.8 Å². The minimum atomic E-state index is -0.488. The van der Waals surface area contributed by atoms with Crippen molar-refractivity contribution in [2.24, 2.45) is 0 Å². The lowest BCUT2D eigenvalue weighted by atomic mass is 10.2. The number of carbonyl (C=O) groups is 2. The highest BCUT2D eigenvalue weighted by Crippen LogP contribution is 2.39. The van der Waals surface area contributed by atoms with Gasteiger partial charge in [0.1, 0.15) is 12.0 Å². The summed E-state index contributed by atoms with van der Waals surface area (Å²) in [7, 11) is 3.30. The minimum Gasteiger partial charge on any atom is -0.343 e. The monoisotopic (exact) mass is 421 g/mol. The second kappa shape index (κ2) is 8.46. The van der Waals surface area contributed by atoms with Crippen molar-refractivity contribution < 1.29 is 9.59 Å². The van der Waals surface area contributed by atoms with E-state index in [-0.39, 0.29) is 17.4 Å². The maximum atomic E-state index is 13.2. The Morgan fingerprint density at radius 1 is 1.16 bits per heavy atom. The van der Waals surface area contributed by atoms with E-state index in [0.29, 0.717) is 29.5 Å². The summed E-state index contributed by atoms with van der Waals surface area (Å²) in [5.74, 6) is -0.146. The Morgan fingerprint density at radius 3 is 2.55 bits per heavy atom. The van der Waals surface area contributed by atoms with Crippen LogP contribution in [0.3, 0.4) is 0 Å². The van der Waals surface area contributed by atoms with Crippen molar-refractivity contribution in [3.8, 4) is 0 Å². The summed E-state index contributed by atoms with van der Waals surface area (Å²) in [4.78, 5) is 44.2. The van der Waals surface area contributed by atoms with Crippen molar-refractivity contribution in [2.45, 2.75) is 32.2 Å². The van der Waals surface area contributed by atoms with Crippen LogP contribution in [-0.4, -0.2) is 60.5 Å². The molecule has 3 aromatic heterocycles. The second-order valence-corrected chi connectivity index (χ2v) is 7.39. The molecule has 0 unspecified atom stereocenters. The topological polar surface area (TPSA) is 131 Å². The Labute approximate surface area is 178 Å². The standard InChI is InChI=1S/C20H23N9O2/c1-4-29-17(20(31)28(2)3)15(10-24-29)27-19(30)16-18(25-13-7-21-11-22-8-13)23-9-14(26-16)12-5-6-12/h7-12H,4-6H2,1-3H3,(H,23,25)(H,27,30). The molecule has 4 rings (SSSR count). The van der Waals surface area contributed by atoms with E-state index in [0.717, 1.165) is 18.5 Å². The van der Waals surface area contributed by atoms with Gasteiger partial charge in [0.15, 0.2) is 11.5 Å². The van der Waals surface area contributed by atoms with Gasteiger partial charge < -0.3 is 15.5 Å². The van der Waals surface area contributed by atoms with Gasteiger partial charge in [-0.3, -0.25) is 14.3 Å². The van der Waals surface area contributed by atoms with E-state index in [9.17, 15) is 9.59 Å². The lowest BCUT2D eigenvalue weighted by molar-refractivity contribution is 0.0816. The van der Waals surface area contributed by atoms with Gasteiger partial charge in [-0.1, -0.05) is 0 Å². The van der Waals surface area contributed by atoms with Gasteiger partial charge in [-0.2, -0.15) is 5.10 Å². The van der Waals surface area contributed by atoms with Crippen LogP contribution in [0.5, 0.6) is 0 Å². The fourth-order valence-electron chi connectivity index (χ4n) is 3.06. The van der Waals surface area contributed by atoms with Crippen LogP contribution in [0.2, 0.25) is 0 Å². The molecule has 0 aromatic carbocycles. The van der Waals surface area contributed by atoms with Crippen molar-refractivity contribution in [3.63, 3.8) is 0 Å². The van der Waals surface area contributed by atoms with Crippen molar-refractivity contribution in [1.29, 1.82) is 0 Å². The van der Waals surface area contributed by atoms with E-state index >= 15 is 0 Å². The van der Waals surface area contributed by atoms with E-state index in [1.54, 1.807) is 37.4 Å². The van der Waals surface area contributed by atoms with Crippen LogP contribution in [0.1, 0.15) is 52.4 Å². The van der Waals surface area contributed by atoms with Crippen LogP contribution >= 0.6 is 0 Å². The van der Waals surface area contributed by atoms with E-state index in [2.05, 4.69) is 35.7 Å². The number of hydrogen-bond donors (Lipinski definition) is 2. The molecule has 2 amide bonds. The number of aryl methyl sites for hydroxylation is 1. The smallest absolute Gasteiger partial charge is 0.278 e. The van der Waals surface area contributed by atoms with Crippen LogP contribution in [0.25, 0.3) is 0 Å². The van der Waals surface area contributed by atoms with Crippen molar-refractivity contribution in [3.05, 3.63) is 48.2 Å².